The molecular weight excluding hydrogens is 351 g/mol. The Bertz CT molecular complexity index is 763. The molecule has 2 aromatic rings. The van der Waals surface area contributed by atoms with Crippen LogP contribution in [-0.4, -0.2) is 48.6 Å². The second-order valence-corrected chi connectivity index (χ2v) is 6.30. The van der Waals surface area contributed by atoms with Crippen molar-refractivity contribution in [2.45, 2.75) is 25.7 Å². The number of hydrogen-bond acceptors (Lipinski definition) is 5. The normalized spacial score (nSPS) is 10.6. The molecule has 8 heteroatoms. The van der Waals surface area contributed by atoms with Crippen molar-refractivity contribution in [2.75, 3.05) is 26.7 Å². The van der Waals surface area contributed by atoms with Gasteiger partial charge in [0.15, 0.2) is 0 Å². The summed E-state index contributed by atoms with van der Waals surface area (Å²) in [5.41, 5.74) is 6.48. The number of nitrogens with zero attached hydrogens (tertiary/aromatic N) is 2. The molecule has 0 saturated heterocycles. The molecule has 1 aromatic heterocycles. The topological polar surface area (TPSA) is 101 Å². The average Bonchev–Trinajstić information content (AvgIpc) is 3.14. The molecule has 0 aliphatic carbocycles. The van der Waals surface area contributed by atoms with Gasteiger partial charge in [0.25, 0.3) is 0 Å². The molecule has 2 rings (SSSR count). The predicted octanol–water partition coefficient (Wildman–Crippen LogP) is 1.73. The Morgan fingerprint density at radius 2 is 2.07 bits per heavy atom. The SMILES string of the molecule is CN(CCCCCc1cc(-c2cccc(F)c2)no1)C(=O)CNC(=O)CN. The summed E-state index contributed by atoms with van der Waals surface area (Å²) in [5, 5.41) is 6.44. The number of nitrogens with two attached hydrogens (primary N) is 1. The van der Waals surface area contributed by atoms with Gasteiger partial charge >= 0.3 is 0 Å². The van der Waals surface area contributed by atoms with Crippen LogP contribution < -0.4 is 11.1 Å². The monoisotopic (exact) mass is 376 g/mol. The van der Waals surface area contributed by atoms with Crippen LogP contribution in [0.4, 0.5) is 4.39 Å². The van der Waals surface area contributed by atoms with Crippen molar-refractivity contribution in [3.63, 3.8) is 0 Å². The Labute approximate surface area is 157 Å². The largest absolute Gasteiger partial charge is 0.361 e. The van der Waals surface area contributed by atoms with Crippen LogP contribution in [0.2, 0.25) is 0 Å². The molecule has 0 unspecified atom stereocenters. The van der Waals surface area contributed by atoms with E-state index in [1.807, 2.05) is 6.07 Å². The zero-order valence-electron chi connectivity index (χ0n) is 15.4. The highest BCUT2D eigenvalue weighted by Crippen LogP contribution is 2.20. The fourth-order valence-electron chi connectivity index (χ4n) is 2.55. The smallest absolute Gasteiger partial charge is 0.241 e. The van der Waals surface area contributed by atoms with Crippen LogP contribution in [0.5, 0.6) is 0 Å². The second-order valence-electron chi connectivity index (χ2n) is 6.30. The summed E-state index contributed by atoms with van der Waals surface area (Å²) in [6.45, 7) is 0.454. The first kappa shape index (κ1) is 20.6. The van der Waals surface area contributed by atoms with E-state index in [0.717, 1.165) is 31.4 Å². The number of halogens is 1. The molecule has 0 saturated carbocycles. The molecule has 3 N–H and O–H groups in total. The summed E-state index contributed by atoms with van der Waals surface area (Å²) in [4.78, 5) is 24.5. The van der Waals surface area contributed by atoms with Gasteiger partial charge in [-0.25, -0.2) is 4.39 Å². The molecule has 0 aliphatic rings. The van der Waals surface area contributed by atoms with Crippen LogP contribution in [0.1, 0.15) is 25.0 Å². The van der Waals surface area contributed by atoms with E-state index in [1.54, 1.807) is 24.1 Å². The average molecular weight is 376 g/mol. The third-order valence-corrected chi connectivity index (χ3v) is 4.14. The van der Waals surface area contributed by atoms with E-state index >= 15 is 0 Å². The molecule has 0 aliphatic heterocycles. The number of amides is 2. The highest BCUT2D eigenvalue weighted by molar-refractivity contribution is 5.85. The summed E-state index contributed by atoms with van der Waals surface area (Å²) in [6.07, 6.45) is 3.39. The van der Waals surface area contributed by atoms with Gasteiger partial charge in [-0.2, -0.15) is 0 Å². The molecule has 0 atom stereocenters. The van der Waals surface area contributed by atoms with Gasteiger partial charge in [0.1, 0.15) is 17.3 Å². The molecule has 0 bridgehead atoms. The van der Waals surface area contributed by atoms with Gasteiger partial charge in [0, 0.05) is 31.6 Å². The number of carbonyl (C=O) groups is 2. The van der Waals surface area contributed by atoms with Crippen LogP contribution in [0.3, 0.4) is 0 Å². The number of nitrogens with one attached hydrogen (secondary N) is 1. The van der Waals surface area contributed by atoms with Gasteiger partial charge in [0.05, 0.1) is 13.1 Å². The predicted molar refractivity (Wildman–Crippen MR) is 99.2 cm³/mol. The number of hydrogen-bond donors (Lipinski definition) is 2. The third kappa shape index (κ3) is 6.82. The van der Waals surface area contributed by atoms with E-state index in [9.17, 15) is 14.0 Å². The molecule has 1 heterocycles. The van der Waals surface area contributed by atoms with E-state index in [1.165, 1.54) is 12.1 Å². The van der Waals surface area contributed by atoms with Crippen LogP contribution in [-0.2, 0) is 16.0 Å². The highest BCUT2D eigenvalue weighted by Gasteiger charge is 2.10. The van der Waals surface area contributed by atoms with Crippen molar-refractivity contribution >= 4 is 11.8 Å². The maximum Gasteiger partial charge on any atom is 0.241 e. The van der Waals surface area contributed by atoms with Gasteiger partial charge < -0.3 is 20.5 Å². The van der Waals surface area contributed by atoms with Crippen molar-refractivity contribution in [3.05, 3.63) is 41.9 Å². The Hall–Kier alpha value is -2.74. The first-order chi connectivity index (χ1) is 13.0. The molecule has 2 amide bonds. The summed E-state index contributed by atoms with van der Waals surface area (Å²) in [7, 11) is 1.71. The second kappa shape index (κ2) is 10.4. The minimum absolute atomic E-state index is 0.0343. The zero-order chi connectivity index (χ0) is 19.6. The molecule has 0 spiro atoms. The number of likely N-dealkylation sites (N-methyl/N-ethyl adjacent to an activating group) is 1. The summed E-state index contributed by atoms with van der Waals surface area (Å²) in [5.74, 6) is -0.0466. The maximum atomic E-state index is 13.3. The van der Waals surface area contributed by atoms with Gasteiger partial charge in [0.2, 0.25) is 11.8 Å². The van der Waals surface area contributed by atoms with Crippen molar-refractivity contribution < 1.29 is 18.5 Å². The van der Waals surface area contributed by atoms with Crippen molar-refractivity contribution in [2.24, 2.45) is 5.73 Å². The highest BCUT2D eigenvalue weighted by atomic mass is 19.1. The molecule has 1 aromatic carbocycles. The molecular formula is C19H25FN4O3. The Morgan fingerprint density at radius 1 is 1.26 bits per heavy atom. The fraction of sp³-hybridized carbons (Fsp3) is 0.421. The Balaban J connectivity index is 1.66. The van der Waals surface area contributed by atoms with Crippen molar-refractivity contribution in [1.82, 2.24) is 15.4 Å². The lowest BCUT2D eigenvalue weighted by Crippen LogP contribution is -2.40. The van der Waals surface area contributed by atoms with E-state index < -0.39 is 0 Å². The van der Waals surface area contributed by atoms with E-state index in [2.05, 4.69) is 10.5 Å². The lowest BCUT2D eigenvalue weighted by Gasteiger charge is -2.17. The van der Waals surface area contributed by atoms with Crippen LogP contribution in [0, 0.1) is 5.82 Å². The van der Waals surface area contributed by atoms with Crippen LogP contribution in [0.25, 0.3) is 11.3 Å². The minimum Gasteiger partial charge on any atom is -0.361 e. The minimum atomic E-state index is -0.346. The number of carbonyl (C=O) groups excluding carboxylic acids is 2. The van der Waals surface area contributed by atoms with Crippen molar-refractivity contribution in [1.29, 1.82) is 0 Å². The van der Waals surface area contributed by atoms with E-state index in [-0.39, 0.29) is 30.7 Å². The third-order valence-electron chi connectivity index (χ3n) is 4.14. The zero-order valence-corrected chi connectivity index (χ0v) is 15.4. The van der Waals surface area contributed by atoms with E-state index in [4.69, 9.17) is 10.3 Å². The lowest BCUT2D eigenvalue weighted by atomic mass is 10.1. The summed E-state index contributed by atoms with van der Waals surface area (Å²) in [6, 6.07) is 8.05. The van der Waals surface area contributed by atoms with E-state index in [0.29, 0.717) is 17.8 Å². The Morgan fingerprint density at radius 3 is 2.81 bits per heavy atom. The van der Waals surface area contributed by atoms with Gasteiger partial charge in [-0.05, 0) is 25.0 Å². The molecule has 146 valence electrons. The van der Waals surface area contributed by atoms with Gasteiger partial charge in [-0.15, -0.1) is 0 Å². The molecule has 0 radical (unpaired) electrons. The number of benzene rings is 1. The van der Waals surface area contributed by atoms with Gasteiger partial charge in [-0.1, -0.05) is 23.7 Å². The quantitative estimate of drug-likeness (QED) is 0.615. The molecule has 27 heavy (non-hydrogen) atoms. The van der Waals surface area contributed by atoms with Crippen LogP contribution in [0.15, 0.2) is 34.9 Å². The van der Waals surface area contributed by atoms with Crippen LogP contribution >= 0.6 is 0 Å². The summed E-state index contributed by atoms with van der Waals surface area (Å²) >= 11 is 0. The van der Waals surface area contributed by atoms with Crippen molar-refractivity contribution in [3.8, 4) is 11.3 Å². The number of unbranched alkanes of at least 4 members (excludes halogenated alkanes) is 2. The maximum absolute atomic E-state index is 13.3. The number of aromatic nitrogens is 1. The Kier molecular flexibility index (Phi) is 7.94. The molecule has 7 nitrogen and oxygen atoms in total. The van der Waals surface area contributed by atoms with Gasteiger partial charge in [-0.3, -0.25) is 9.59 Å². The summed E-state index contributed by atoms with van der Waals surface area (Å²) < 4.78 is 18.6. The standard InChI is InChI=1S/C19H25FN4O3/c1-24(19(26)13-22-18(25)12-21)9-4-2-3-8-16-11-17(23-27-16)14-6-5-7-15(20)10-14/h5-7,10-11H,2-4,8-9,12-13,21H2,1H3,(H,22,25). The fourth-order valence-corrected chi connectivity index (χ4v) is 2.55. The first-order valence-electron chi connectivity index (χ1n) is 8.92. The number of rotatable bonds is 10. The molecule has 0 fully saturated rings. The first-order valence-corrected chi connectivity index (χ1v) is 8.92. The lowest BCUT2D eigenvalue weighted by molar-refractivity contribution is -0.131. The number of aryl methyl sites for hydroxylation is 1.